The Morgan fingerprint density at radius 3 is 2.47 bits per heavy atom. The molecule has 7 heteroatoms. The van der Waals surface area contributed by atoms with E-state index >= 15 is 0 Å². The van der Waals surface area contributed by atoms with E-state index in [0.717, 1.165) is 18.2 Å². The zero-order valence-electron chi connectivity index (χ0n) is 8.35. The Labute approximate surface area is 93.7 Å². The van der Waals surface area contributed by atoms with E-state index in [1.165, 1.54) is 0 Å². The van der Waals surface area contributed by atoms with E-state index in [1.54, 1.807) is 6.07 Å². The molecule has 0 aliphatic carbocycles. The van der Waals surface area contributed by atoms with Crippen molar-refractivity contribution in [1.29, 1.82) is 5.26 Å². The van der Waals surface area contributed by atoms with Gasteiger partial charge in [-0.25, -0.2) is 13.2 Å². The van der Waals surface area contributed by atoms with Gasteiger partial charge in [0, 0.05) is 5.69 Å². The lowest BCUT2D eigenvalue weighted by atomic mass is 10.2. The summed E-state index contributed by atoms with van der Waals surface area (Å²) in [6, 6.07) is 4.56. The first kappa shape index (κ1) is 13.2. The molecule has 92 valence electrons. The number of nitriles is 1. The molecule has 1 N–H and O–H groups in total. The summed E-state index contributed by atoms with van der Waals surface area (Å²) >= 11 is 0. The molecule has 2 nitrogen and oxygen atoms in total. The van der Waals surface area contributed by atoms with Crippen molar-refractivity contribution in [3.63, 3.8) is 0 Å². The predicted molar refractivity (Wildman–Crippen MR) is 50.6 cm³/mol. The lowest BCUT2D eigenvalue weighted by Crippen LogP contribution is -2.34. The quantitative estimate of drug-likeness (QED) is 0.834. The van der Waals surface area contributed by atoms with Crippen LogP contribution in [0.25, 0.3) is 0 Å². The molecule has 0 aliphatic heterocycles. The van der Waals surface area contributed by atoms with Crippen LogP contribution in [-0.2, 0) is 0 Å². The first-order valence-electron chi connectivity index (χ1n) is 4.46. The second kappa shape index (κ2) is 4.99. The van der Waals surface area contributed by atoms with Crippen LogP contribution in [0, 0.1) is 17.1 Å². The van der Waals surface area contributed by atoms with Crippen LogP contribution in [0.2, 0.25) is 0 Å². The van der Waals surface area contributed by atoms with Crippen LogP contribution >= 0.6 is 0 Å². The Morgan fingerprint density at radius 1 is 1.35 bits per heavy atom. The fraction of sp³-hybridized carbons (Fsp3) is 0.300. The molecule has 1 aromatic carbocycles. The number of benzene rings is 1. The molecule has 0 amide bonds. The Kier molecular flexibility index (Phi) is 3.89. The van der Waals surface area contributed by atoms with Gasteiger partial charge in [0.15, 0.2) is 0 Å². The number of rotatable bonds is 4. The van der Waals surface area contributed by atoms with E-state index in [4.69, 9.17) is 5.26 Å². The molecular weight excluding hydrogens is 243 g/mol. The third kappa shape index (κ3) is 3.31. The van der Waals surface area contributed by atoms with E-state index in [9.17, 15) is 22.0 Å². The molecule has 17 heavy (non-hydrogen) atoms. The molecule has 0 heterocycles. The summed E-state index contributed by atoms with van der Waals surface area (Å²) in [5.41, 5.74) is -0.349. The van der Waals surface area contributed by atoms with Crippen molar-refractivity contribution >= 4 is 5.69 Å². The van der Waals surface area contributed by atoms with Crippen molar-refractivity contribution < 1.29 is 22.0 Å². The number of nitrogens with one attached hydrogen (secondary N) is 1. The minimum absolute atomic E-state index is 0.0955. The summed E-state index contributed by atoms with van der Waals surface area (Å²) in [6.45, 7) is -1.31. The van der Waals surface area contributed by atoms with E-state index < -0.39 is 24.7 Å². The first-order valence-corrected chi connectivity index (χ1v) is 4.46. The summed E-state index contributed by atoms with van der Waals surface area (Å²) in [6.07, 6.45) is -3.79. The van der Waals surface area contributed by atoms with E-state index in [0.29, 0.717) is 0 Å². The largest absolute Gasteiger partial charge is 0.379 e. The van der Waals surface area contributed by atoms with Crippen molar-refractivity contribution in [3.05, 3.63) is 29.6 Å². The highest BCUT2D eigenvalue weighted by Crippen LogP contribution is 2.23. The maximum absolute atomic E-state index is 13.0. The minimum Gasteiger partial charge on any atom is -0.379 e. The molecule has 0 fully saturated rings. The van der Waals surface area contributed by atoms with Gasteiger partial charge in [-0.2, -0.15) is 14.0 Å². The molecule has 1 aromatic rings. The normalized spacial score (nSPS) is 11.4. The van der Waals surface area contributed by atoms with Crippen molar-refractivity contribution in [2.45, 2.75) is 12.3 Å². The zero-order chi connectivity index (χ0) is 13.1. The van der Waals surface area contributed by atoms with Crippen molar-refractivity contribution in [3.8, 4) is 6.07 Å². The molecule has 0 spiro atoms. The van der Waals surface area contributed by atoms with Gasteiger partial charge >= 0.3 is 12.3 Å². The standard InChI is InChI=1S/C10H7F5N2/c11-8-3-7(2-1-6(8)4-16)17-5-10(14,15)9(12)13/h1-3,9,17H,5H2. The maximum atomic E-state index is 13.0. The third-order valence-corrected chi connectivity index (χ3v) is 1.94. The van der Waals surface area contributed by atoms with E-state index in [2.05, 4.69) is 0 Å². The molecule has 0 aliphatic rings. The minimum atomic E-state index is -4.19. The smallest absolute Gasteiger partial charge is 0.324 e. The van der Waals surface area contributed by atoms with Gasteiger partial charge in [0.2, 0.25) is 0 Å². The van der Waals surface area contributed by atoms with E-state index in [1.807, 2.05) is 5.32 Å². The van der Waals surface area contributed by atoms with Crippen molar-refractivity contribution in [2.24, 2.45) is 0 Å². The second-order valence-corrected chi connectivity index (χ2v) is 3.22. The van der Waals surface area contributed by atoms with Crippen LogP contribution in [0.15, 0.2) is 18.2 Å². The van der Waals surface area contributed by atoms with Crippen LogP contribution in [0.5, 0.6) is 0 Å². The van der Waals surface area contributed by atoms with Gasteiger partial charge in [0.1, 0.15) is 11.9 Å². The van der Waals surface area contributed by atoms with Gasteiger partial charge in [0.05, 0.1) is 12.1 Å². The lowest BCUT2D eigenvalue weighted by Gasteiger charge is -2.16. The van der Waals surface area contributed by atoms with Gasteiger partial charge in [-0.15, -0.1) is 0 Å². The van der Waals surface area contributed by atoms with Gasteiger partial charge in [0.25, 0.3) is 0 Å². The van der Waals surface area contributed by atoms with Crippen LogP contribution in [0.3, 0.4) is 0 Å². The summed E-state index contributed by atoms with van der Waals surface area (Å²) in [7, 11) is 0. The molecule has 0 unspecified atom stereocenters. The van der Waals surface area contributed by atoms with Crippen LogP contribution in [0.4, 0.5) is 27.6 Å². The van der Waals surface area contributed by atoms with Crippen LogP contribution in [0.1, 0.15) is 5.56 Å². The molecule has 0 saturated carbocycles. The predicted octanol–water partition coefficient (Wildman–Crippen LogP) is 3.01. The number of hydrogen-bond acceptors (Lipinski definition) is 2. The van der Waals surface area contributed by atoms with Crippen molar-refractivity contribution in [2.75, 3.05) is 11.9 Å². The topological polar surface area (TPSA) is 35.8 Å². The van der Waals surface area contributed by atoms with Crippen LogP contribution < -0.4 is 5.32 Å². The summed E-state index contributed by atoms with van der Waals surface area (Å²) in [5, 5.41) is 10.4. The Balaban J connectivity index is 2.72. The number of halogens is 5. The molecule has 1 rings (SSSR count). The monoisotopic (exact) mass is 250 g/mol. The fourth-order valence-corrected chi connectivity index (χ4v) is 1.01. The van der Waals surface area contributed by atoms with Crippen LogP contribution in [-0.4, -0.2) is 18.9 Å². The number of alkyl halides is 4. The highest BCUT2D eigenvalue weighted by molar-refractivity contribution is 5.48. The molecular formula is C10H7F5N2. The van der Waals surface area contributed by atoms with Gasteiger partial charge < -0.3 is 5.32 Å². The van der Waals surface area contributed by atoms with E-state index in [-0.39, 0.29) is 11.3 Å². The highest BCUT2D eigenvalue weighted by atomic mass is 19.3. The average molecular weight is 250 g/mol. The van der Waals surface area contributed by atoms with Gasteiger partial charge in [-0.3, -0.25) is 0 Å². The molecule has 0 atom stereocenters. The third-order valence-electron chi connectivity index (χ3n) is 1.94. The molecule has 0 bridgehead atoms. The van der Waals surface area contributed by atoms with Gasteiger partial charge in [-0.1, -0.05) is 0 Å². The molecule has 0 saturated heterocycles. The number of nitrogens with zero attached hydrogens (tertiary/aromatic N) is 1. The summed E-state index contributed by atoms with van der Waals surface area (Å²) in [4.78, 5) is 0. The Hall–Kier alpha value is -1.84. The fourth-order valence-electron chi connectivity index (χ4n) is 1.01. The molecule has 0 radical (unpaired) electrons. The van der Waals surface area contributed by atoms with Crippen molar-refractivity contribution in [1.82, 2.24) is 0 Å². The van der Waals surface area contributed by atoms with Gasteiger partial charge in [-0.05, 0) is 18.2 Å². The first-order chi connectivity index (χ1) is 7.86. The maximum Gasteiger partial charge on any atom is 0.324 e. The Morgan fingerprint density at radius 2 is 2.00 bits per heavy atom. The summed E-state index contributed by atoms with van der Waals surface area (Å²) < 4.78 is 61.7. The number of anilines is 1. The Bertz CT molecular complexity index is 439. The molecule has 0 aromatic heterocycles. The average Bonchev–Trinajstić information content (AvgIpc) is 2.26. The second-order valence-electron chi connectivity index (χ2n) is 3.22. The highest BCUT2D eigenvalue weighted by Gasteiger charge is 2.40. The zero-order valence-corrected chi connectivity index (χ0v) is 8.35. The summed E-state index contributed by atoms with van der Waals surface area (Å²) in [5.74, 6) is -5.09. The number of hydrogen-bond donors (Lipinski definition) is 1. The SMILES string of the molecule is N#Cc1ccc(NCC(F)(F)C(F)F)cc1F. The lowest BCUT2D eigenvalue weighted by molar-refractivity contribution is -0.117.